The number of hydrogen-bond donors (Lipinski definition) is 1. The lowest BCUT2D eigenvalue weighted by Crippen LogP contribution is -2.27. The molecule has 0 bridgehead atoms. The number of aromatic amines is 1. The predicted molar refractivity (Wildman–Crippen MR) is 79.2 cm³/mol. The molecule has 1 aromatic carbocycles. The van der Waals surface area contributed by atoms with Crippen molar-refractivity contribution >= 4 is 22.9 Å². The summed E-state index contributed by atoms with van der Waals surface area (Å²) < 4.78 is 5.38. The molecule has 2 fully saturated rings. The standard InChI is InChI=1S/C16H17N3O3/c20-15-5-10(7-19(15)12-2-3-12)8-22-16(21)11-1-4-13-14(6-11)18-9-17-13/h1,4,6,9-10,12H,2-3,5,7-8H2,(H,17,18)/t10-/m1/s1. The Bertz CT molecular complexity index is 735. The molecule has 6 heteroatoms. The molecule has 1 aromatic heterocycles. The minimum absolute atomic E-state index is 0.118. The lowest BCUT2D eigenvalue weighted by Gasteiger charge is -2.15. The van der Waals surface area contributed by atoms with Gasteiger partial charge in [-0.1, -0.05) is 0 Å². The van der Waals surface area contributed by atoms with Crippen LogP contribution < -0.4 is 0 Å². The Hall–Kier alpha value is -2.37. The molecule has 4 rings (SSSR count). The number of rotatable bonds is 4. The number of benzene rings is 1. The Morgan fingerprint density at radius 1 is 1.41 bits per heavy atom. The topological polar surface area (TPSA) is 75.3 Å². The number of likely N-dealkylation sites (tertiary alicyclic amines) is 1. The first kappa shape index (κ1) is 13.3. The van der Waals surface area contributed by atoms with Gasteiger partial charge in [-0.15, -0.1) is 0 Å². The van der Waals surface area contributed by atoms with E-state index < -0.39 is 0 Å². The van der Waals surface area contributed by atoms with Gasteiger partial charge in [0.05, 0.1) is 29.5 Å². The molecule has 1 amide bonds. The average Bonchev–Trinajstić information content (AvgIpc) is 3.13. The van der Waals surface area contributed by atoms with Gasteiger partial charge in [0.2, 0.25) is 5.91 Å². The van der Waals surface area contributed by atoms with Crippen LogP contribution in [-0.2, 0) is 9.53 Å². The van der Waals surface area contributed by atoms with E-state index in [4.69, 9.17) is 4.74 Å². The first-order valence-electron chi connectivity index (χ1n) is 7.60. The zero-order valence-corrected chi connectivity index (χ0v) is 12.1. The number of amides is 1. The zero-order valence-electron chi connectivity index (χ0n) is 12.1. The Morgan fingerprint density at radius 3 is 3.09 bits per heavy atom. The molecule has 1 saturated heterocycles. The van der Waals surface area contributed by atoms with Crippen LogP contribution >= 0.6 is 0 Å². The third-order valence-electron chi connectivity index (χ3n) is 4.33. The number of fused-ring (bicyclic) bond motifs is 1. The third kappa shape index (κ3) is 2.45. The van der Waals surface area contributed by atoms with Crippen LogP contribution in [0.3, 0.4) is 0 Å². The van der Waals surface area contributed by atoms with E-state index in [1.165, 1.54) is 0 Å². The Kier molecular flexibility index (Phi) is 3.10. The second kappa shape index (κ2) is 5.12. The molecule has 6 nitrogen and oxygen atoms in total. The quantitative estimate of drug-likeness (QED) is 0.872. The fourth-order valence-corrected chi connectivity index (χ4v) is 3.00. The van der Waals surface area contributed by atoms with Crippen molar-refractivity contribution in [2.45, 2.75) is 25.3 Å². The van der Waals surface area contributed by atoms with E-state index in [1.54, 1.807) is 24.5 Å². The van der Waals surface area contributed by atoms with Crippen molar-refractivity contribution in [1.29, 1.82) is 0 Å². The van der Waals surface area contributed by atoms with Crippen LogP contribution in [-0.4, -0.2) is 45.9 Å². The Balaban J connectivity index is 1.37. The van der Waals surface area contributed by atoms with Gasteiger partial charge in [-0.05, 0) is 31.0 Å². The molecular formula is C16H17N3O3. The summed E-state index contributed by atoms with van der Waals surface area (Å²) in [5.41, 5.74) is 2.13. The first-order chi connectivity index (χ1) is 10.7. The number of ether oxygens (including phenoxy) is 1. The molecule has 1 aliphatic carbocycles. The third-order valence-corrected chi connectivity index (χ3v) is 4.33. The van der Waals surface area contributed by atoms with E-state index in [-0.39, 0.29) is 17.8 Å². The second-order valence-electron chi connectivity index (χ2n) is 6.08. The van der Waals surface area contributed by atoms with Gasteiger partial charge in [0.15, 0.2) is 0 Å². The van der Waals surface area contributed by atoms with Gasteiger partial charge in [-0.3, -0.25) is 4.79 Å². The van der Waals surface area contributed by atoms with Crippen LogP contribution in [0.1, 0.15) is 29.6 Å². The van der Waals surface area contributed by atoms with Gasteiger partial charge >= 0.3 is 5.97 Å². The summed E-state index contributed by atoms with van der Waals surface area (Å²) in [6, 6.07) is 5.68. The van der Waals surface area contributed by atoms with Crippen molar-refractivity contribution < 1.29 is 14.3 Å². The number of carbonyl (C=O) groups excluding carboxylic acids is 2. The van der Waals surface area contributed by atoms with Gasteiger partial charge in [-0.2, -0.15) is 0 Å². The Morgan fingerprint density at radius 2 is 2.27 bits per heavy atom. The van der Waals surface area contributed by atoms with E-state index >= 15 is 0 Å². The molecule has 0 spiro atoms. The van der Waals surface area contributed by atoms with Gasteiger partial charge in [-0.25, -0.2) is 9.78 Å². The van der Waals surface area contributed by atoms with Crippen LogP contribution in [0, 0.1) is 5.92 Å². The average molecular weight is 299 g/mol. The highest BCUT2D eigenvalue weighted by Gasteiger charge is 2.39. The zero-order chi connectivity index (χ0) is 15.1. The number of esters is 1. The molecule has 22 heavy (non-hydrogen) atoms. The van der Waals surface area contributed by atoms with Crippen molar-refractivity contribution in [3.8, 4) is 0 Å². The summed E-state index contributed by atoms with van der Waals surface area (Å²) in [5.74, 6) is -0.0378. The number of carbonyl (C=O) groups is 2. The smallest absolute Gasteiger partial charge is 0.338 e. The van der Waals surface area contributed by atoms with Crippen LogP contribution in [0.2, 0.25) is 0 Å². The molecule has 0 radical (unpaired) electrons. The second-order valence-corrected chi connectivity index (χ2v) is 6.08. The molecule has 0 unspecified atom stereocenters. The summed E-state index contributed by atoms with van der Waals surface area (Å²) in [6.45, 7) is 1.02. The number of H-pyrrole nitrogens is 1. The summed E-state index contributed by atoms with van der Waals surface area (Å²) in [5, 5.41) is 0. The lowest BCUT2D eigenvalue weighted by molar-refractivity contribution is -0.128. The molecule has 2 heterocycles. The summed E-state index contributed by atoms with van der Waals surface area (Å²) in [6.07, 6.45) is 4.31. The van der Waals surface area contributed by atoms with Gasteiger partial charge in [0.25, 0.3) is 0 Å². The van der Waals surface area contributed by atoms with Gasteiger partial charge in [0.1, 0.15) is 0 Å². The highest BCUT2D eigenvalue weighted by atomic mass is 16.5. The van der Waals surface area contributed by atoms with E-state index in [9.17, 15) is 9.59 Å². The van der Waals surface area contributed by atoms with Crippen LogP contribution in [0.25, 0.3) is 11.0 Å². The highest BCUT2D eigenvalue weighted by molar-refractivity contribution is 5.93. The molecule has 1 N–H and O–H groups in total. The van der Waals surface area contributed by atoms with Crippen molar-refractivity contribution in [2.24, 2.45) is 5.92 Å². The molecule has 1 saturated carbocycles. The number of aromatic nitrogens is 2. The minimum atomic E-state index is -0.353. The maximum Gasteiger partial charge on any atom is 0.338 e. The maximum atomic E-state index is 12.1. The minimum Gasteiger partial charge on any atom is -0.462 e. The number of imidazole rings is 1. The normalized spacial score (nSPS) is 21.5. The SMILES string of the molecule is O=C(OC[C@@H]1CC(=O)N(C2CC2)C1)c1ccc2nc[nH]c2c1. The monoisotopic (exact) mass is 299 g/mol. The fourth-order valence-electron chi connectivity index (χ4n) is 3.00. The summed E-state index contributed by atoms with van der Waals surface area (Å²) in [7, 11) is 0. The van der Waals surface area contributed by atoms with E-state index in [1.807, 2.05) is 4.90 Å². The van der Waals surface area contributed by atoms with Gasteiger partial charge < -0.3 is 14.6 Å². The molecular weight excluding hydrogens is 282 g/mol. The van der Waals surface area contributed by atoms with Crippen LogP contribution in [0.15, 0.2) is 24.5 Å². The Labute approximate surface area is 127 Å². The van der Waals surface area contributed by atoms with Gasteiger partial charge in [0, 0.05) is 24.9 Å². The molecule has 2 aliphatic rings. The first-order valence-corrected chi connectivity index (χ1v) is 7.60. The summed E-state index contributed by atoms with van der Waals surface area (Å²) >= 11 is 0. The van der Waals surface area contributed by atoms with Crippen molar-refractivity contribution in [1.82, 2.24) is 14.9 Å². The number of nitrogens with zero attached hydrogens (tertiary/aromatic N) is 2. The van der Waals surface area contributed by atoms with E-state index in [0.717, 1.165) is 30.4 Å². The maximum absolute atomic E-state index is 12.1. The van der Waals surface area contributed by atoms with Crippen molar-refractivity contribution in [3.05, 3.63) is 30.1 Å². The molecule has 1 aliphatic heterocycles. The van der Waals surface area contributed by atoms with E-state index in [0.29, 0.717) is 24.6 Å². The summed E-state index contributed by atoms with van der Waals surface area (Å²) in [4.78, 5) is 33.0. The van der Waals surface area contributed by atoms with Crippen molar-refractivity contribution in [3.63, 3.8) is 0 Å². The molecule has 114 valence electrons. The highest BCUT2D eigenvalue weighted by Crippen LogP contribution is 2.32. The predicted octanol–water partition coefficient (Wildman–Crippen LogP) is 1.73. The fraction of sp³-hybridized carbons (Fsp3) is 0.438. The lowest BCUT2D eigenvalue weighted by atomic mass is 10.1. The molecule has 2 aromatic rings. The van der Waals surface area contributed by atoms with Crippen molar-refractivity contribution in [2.75, 3.05) is 13.2 Å². The number of hydrogen-bond acceptors (Lipinski definition) is 4. The van der Waals surface area contributed by atoms with E-state index in [2.05, 4.69) is 9.97 Å². The van der Waals surface area contributed by atoms with Crippen LogP contribution in [0.5, 0.6) is 0 Å². The molecule has 1 atom stereocenters. The van der Waals surface area contributed by atoms with Crippen LogP contribution in [0.4, 0.5) is 0 Å². The largest absolute Gasteiger partial charge is 0.462 e. The number of nitrogens with one attached hydrogen (secondary N) is 1.